The lowest BCUT2D eigenvalue weighted by Crippen LogP contribution is -2.32. The van der Waals surface area contributed by atoms with Crippen LogP contribution in [0, 0.1) is 0 Å². The first-order chi connectivity index (χ1) is 6.93. The third kappa shape index (κ3) is 5.78. The SMILES string of the molecule is O=[C]N1CCCCCCCCSSN1. The monoisotopic (exact) mass is 233 g/mol. The standard InChI is InChI=1S/C9H17N2OS2/c12-9-11-7-5-3-1-2-4-6-8-13-14-10-11/h10H,1-8H2. The van der Waals surface area contributed by atoms with Gasteiger partial charge in [0, 0.05) is 23.3 Å². The molecule has 0 spiro atoms. The van der Waals surface area contributed by atoms with Crippen molar-refractivity contribution in [3.05, 3.63) is 0 Å². The average Bonchev–Trinajstić information content (AvgIpc) is 2.19. The zero-order chi connectivity index (χ0) is 10.1. The van der Waals surface area contributed by atoms with Crippen LogP contribution in [0.15, 0.2) is 0 Å². The summed E-state index contributed by atoms with van der Waals surface area (Å²) in [6.45, 7) is 0.775. The van der Waals surface area contributed by atoms with E-state index in [9.17, 15) is 4.79 Å². The van der Waals surface area contributed by atoms with E-state index < -0.39 is 0 Å². The van der Waals surface area contributed by atoms with Crippen molar-refractivity contribution in [1.82, 2.24) is 9.84 Å². The molecule has 14 heavy (non-hydrogen) atoms. The van der Waals surface area contributed by atoms with Crippen molar-refractivity contribution >= 4 is 28.2 Å². The van der Waals surface area contributed by atoms with Crippen LogP contribution in [-0.4, -0.2) is 23.7 Å². The number of nitrogens with zero attached hydrogens (tertiary/aromatic N) is 1. The predicted molar refractivity (Wildman–Crippen MR) is 63.3 cm³/mol. The maximum absolute atomic E-state index is 10.5. The van der Waals surface area contributed by atoms with Gasteiger partial charge in [-0.3, -0.25) is 9.80 Å². The van der Waals surface area contributed by atoms with E-state index in [1.54, 1.807) is 10.8 Å². The molecule has 1 fully saturated rings. The second kappa shape index (κ2) is 8.44. The van der Waals surface area contributed by atoms with Crippen molar-refractivity contribution in [3.8, 4) is 0 Å². The number of carbonyl (C=O) groups excluding carboxylic acids is 1. The molecular formula is C9H17N2OS2. The van der Waals surface area contributed by atoms with Crippen LogP contribution in [0.1, 0.15) is 38.5 Å². The molecule has 1 aliphatic heterocycles. The first-order valence-electron chi connectivity index (χ1n) is 5.13. The maximum Gasteiger partial charge on any atom is 0.328 e. The van der Waals surface area contributed by atoms with Crippen molar-refractivity contribution in [3.63, 3.8) is 0 Å². The Kier molecular flexibility index (Phi) is 7.35. The van der Waals surface area contributed by atoms with E-state index in [1.807, 2.05) is 6.41 Å². The molecule has 81 valence electrons. The third-order valence-corrected chi connectivity index (χ3v) is 4.12. The molecule has 0 aromatic carbocycles. The maximum atomic E-state index is 10.5. The minimum atomic E-state index is 0.775. The van der Waals surface area contributed by atoms with E-state index >= 15 is 0 Å². The quantitative estimate of drug-likeness (QED) is 0.557. The van der Waals surface area contributed by atoms with E-state index in [1.165, 1.54) is 48.1 Å². The number of hydrogen-bond acceptors (Lipinski definition) is 4. The van der Waals surface area contributed by atoms with E-state index in [0.717, 1.165) is 18.7 Å². The van der Waals surface area contributed by atoms with E-state index in [-0.39, 0.29) is 0 Å². The summed E-state index contributed by atoms with van der Waals surface area (Å²) in [5, 5.41) is 1.51. The molecule has 1 N–H and O–H groups in total. The lowest BCUT2D eigenvalue weighted by molar-refractivity contribution is 0.351. The van der Waals surface area contributed by atoms with Gasteiger partial charge in [0.15, 0.2) is 0 Å². The van der Waals surface area contributed by atoms with Gasteiger partial charge in [0.25, 0.3) is 0 Å². The topological polar surface area (TPSA) is 32.3 Å². The summed E-state index contributed by atoms with van der Waals surface area (Å²) in [4.78, 5) is 13.5. The summed E-state index contributed by atoms with van der Waals surface area (Å²) in [5.74, 6) is 1.16. The Morgan fingerprint density at radius 3 is 2.57 bits per heavy atom. The fourth-order valence-electron chi connectivity index (χ4n) is 1.36. The first kappa shape index (κ1) is 12.2. The van der Waals surface area contributed by atoms with Gasteiger partial charge in [0.2, 0.25) is 0 Å². The predicted octanol–water partition coefficient (Wildman–Crippen LogP) is 2.51. The molecule has 5 heteroatoms. The average molecular weight is 233 g/mol. The molecule has 1 heterocycles. The van der Waals surface area contributed by atoms with Gasteiger partial charge in [-0.25, -0.2) is 0 Å². The summed E-state index contributed by atoms with van der Waals surface area (Å²) in [7, 11) is 3.30. The van der Waals surface area contributed by atoms with E-state index in [4.69, 9.17) is 0 Å². The minimum Gasteiger partial charge on any atom is -0.262 e. The largest absolute Gasteiger partial charge is 0.328 e. The molecule has 1 aliphatic rings. The van der Waals surface area contributed by atoms with Crippen LogP contribution in [0.5, 0.6) is 0 Å². The van der Waals surface area contributed by atoms with Crippen LogP contribution in [0.25, 0.3) is 0 Å². The van der Waals surface area contributed by atoms with Gasteiger partial charge in [-0.05, 0) is 12.8 Å². The van der Waals surface area contributed by atoms with Gasteiger partial charge >= 0.3 is 6.41 Å². The Balaban J connectivity index is 2.20. The van der Waals surface area contributed by atoms with E-state index in [0.29, 0.717) is 0 Å². The highest BCUT2D eigenvalue weighted by Crippen LogP contribution is 2.20. The molecule has 0 atom stereocenters. The number of rotatable bonds is 1. The number of amides is 1. The van der Waals surface area contributed by atoms with Gasteiger partial charge in [-0.1, -0.05) is 36.5 Å². The Morgan fingerprint density at radius 1 is 1.07 bits per heavy atom. The second-order valence-corrected chi connectivity index (χ2v) is 5.56. The number of hydrazine groups is 1. The smallest absolute Gasteiger partial charge is 0.262 e. The van der Waals surface area contributed by atoms with Crippen molar-refractivity contribution in [2.75, 3.05) is 12.3 Å². The summed E-state index contributed by atoms with van der Waals surface area (Å²) in [6.07, 6.45) is 9.45. The number of hydrogen-bond donors (Lipinski definition) is 1. The van der Waals surface area contributed by atoms with Crippen LogP contribution in [0.2, 0.25) is 0 Å². The molecule has 0 saturated carbocycles. The van der Waals surface area contributed by atoms with Crippen LogP contribution in [0.4, 0.5) is 0 Å². The highest BCUT2D eigenvalue weighted by Gasteiger charge is 2.03. The summed E-state index contributed by atoms with van der Waals surface area (Å²) in [6, 6.07) is 0. The fourth-order valence-corrected chi connectivity index (χ4v) is 3.07. The molecular weight excluding hydrogens is 216 g/mol. The molecule has 0 unspecified atom stereocenters. The molecule has 0 aromatic rings. The zero-order valence-electron chi connectivity index (χ0n) is 8.33. The normalized spacial score (nSPS) is 22.1. The van der Waals surface area contributed by atoms with Crippen molar-refractivity contribution in [1.29, 1.82) is 0 Å². The Morgan fingerprint density at radius 2 is 1.79 bits per heavy atom. The summed E-state index contributed by atoms with van der Waals surface area (Å²) in [5.41, 5.74) is 0. The third-order valence-electron chi connectivity index (χ3n) is 2.18. The molecule has 0 aliphatic carbocycles. The summed E-state index contributed by atoms with van der Waals surface area (Å²) < 4.78 is 0. The highest BCUT2D eigenvalue weighted by atomic mass is 33.1. The molecule has 0 bridgehead atoms. The second-order valence-electron chi connectivity index (χ2n) is 3.36. The summed E-state index contributed by atoms with van der Waals surface area (Å²) >= 11 is 0. The Labute approximate surface area is 93.9 Å². The van der Waals surface area contributed by atoms with Gasteiger partial charge in [0.05, 0.1) is 0 Å². The van der Waals surface area contributed by atoms with Gasteiger partial charge in [-0.15, -0.1) is 0 Å². The first-order valence-corrected chi connectivity index (χ1v) is 7.45. The van der Waals surface area contributed by atoms with Crippen molar-refractivity contribution < 1.29 is 4.79 Å². The molecule has 0 aromatic heterocycles. The van der Waals surface area contributed by atoms with E-state index in [2.05, 4.69) is 4.83 Å². The molecule has 1 amide bonds. The van der Waals surface area contributed by atoms with Crippen LogP contribution >= 0.6 is 21.8 Å². The molecule has 1 rings (SSSR count). The minimum absolute atomic E-state index is 0.775. The highest BCUT2D eigenvalue weighted by molar-refractivity contribution is 8.75. The Hall–Kier alpha value is 0.130. The van der Waals surface area contributed by atoms with Crippen molar-refractivity contribution in [2.24, 2.45) is 0 Å². The zero-order valence-corrected chi connectivity index (χ0v) is 9.96. The Bertz CT molecular complexity index is 146. The van der Waals surface area contributed by atoms with Gasteiger partial charge < -0.3 is 0 Å². The lowest BCUT2D eigenvalue weighted by Gasteiger charge is -2.16. The molecule has 3 nitrogen and oxygen atoms in total. The van der Waals surface area contributed by atoms with Crippen LogP contribution < -0.4 is 4.83 Å². The van der Waals surface area contributed by atoms with Gasteiger partial charge in [0.1, 0.15) is 0 Å². The van der Waals surface area contributed by atoms with Crippen molar-refractivity contribution in [2.45, 2.75) is 38.5 Å². The van der Waals surface area contributed by atoms with Crippen LogP contribution in [0.3, 0.4) is 0 Å². The lowest BCUT2D eigenvalue weighted by atomic mass is 10.1. The molecule has 1 radical (unpaired) electrons. The fraction of sp³-hybridized carbons (Fsp3) is 0.889. The van der Waals surface area contributed by atoms with Gasteiger partial charge in [-0.2, -0.15) is 4.83 Å². The van der Waals surface area contributed by atoms with Crippen LogP contribution in [-0.2, 0) is 4.79 Å². The number of nitrogens with one attached hydrogen (secondary N) is 1. The molecule has 1 saturated heterocycles.